The fraction of sp³-hybridized carbons (Fsp3) is 0.364. The Labute approximate surface area is 104 Å². The molecule has 0 aliphatic carbocycles. The molecule has 3 nitrogen and oxygen atoms in total. The lowest BCUT2D eigenvalue weighted by Crippen LogP contribution is -2.14. The predicted octanol–water partition coefficient (Wildman–Crippen LogP) is 2.63. The minimum atomic E-state index is -0.386. The summed E-state index contributed by atoms with van der Waals surface area (Å²) >= 11 is 11.7. The van der Waals surface area contributed by atoms with Gasteiger partial charge in [0, 0.05) is 22.9 Å². The molecule has 88 valence electrons. The van der Waals surface area contributed by atoms with E-state index in [-0.39, 0.29) is 25.1 Å². The maximum absolute atomic E-state index is 10.7. The van der Waals surface area contributed by atoms with Crippen LogP contribution in [-0.2, 0) is 9.53 Å². The lowest BCUT2D eigenvalue weighted by Gasteiger charge is -2.15. The molecular formula is C11H12Cl2O3. The van der Waals surface area contributed by atoms with E-state index >= 15 is 0 Å². The maximum atomic E-state index is 10.7. The Hall–Kier alpha value is -0.770. The second kappa shape index (κ2) is 6.09. The van der Waals surface area contributed by atoms with Crippen LogP contribution in [0.1, 0.15) is 18.4 Å². The second-order valence-electron chi connectivity index (χ2n) is 3.35. The van der Waals surface area contributed by atoms with Gasteiger partial charge < -0.3 is 9.84 Å². The van der Waals surface area contributed by atoms with Gasteiger partial charge >= 0.3 is 5.97 Å². The molecular weight excluding hydrogens is 251 g/mol. The van der Waals surface area contributed by atoms with Gasteiger partial charge in [0.2, 0.25) is 0 Å². The standard InChI is InChI=1S/C11H12Cl2O3/c1-7(15)16-6-8(5-14)10-3-2-9(12)4-11(10)13/h2-4,8,14H,5-6H2,1H3/t8-/m0/s1. The first-order valence-electron chi connectivity index (χ1n) is 4.73. The molecule has 16 heavy (non-hydrogen) atoms. The zero-order valence-corrected chi connectivity index (χ0v) is 10.3. The van der Waals surface area contributed by atoms with Crippen LogP contribution in [0.25, 0.3) is 0 Å². The lowest BCUT2D eigenvalue weighted by molar-refractivity contribution is -0.141. The molecule has 0 aromatic heterocycles. The number of carbonyl (C=O) groups is 1. The highest BCUT2D eigenvalue weighted by Gasteiger charge is 2.15. The van der Waals surface area contributed by atoms with Gasteiger partial charge in [-0.05, 0) is 17.7 Å². The van der Waals surface area contributed by atoms with Crippen molar-refractivity contribution in [1.82, 2.24) is 0 Å². The van der Waals surface area contributed by atoms with Crippen molar-refractivity contribution < 1.29 is 14.6 Å². The van der Waals surface area contributed by atoms with E-state index < -0.39 is 0 Å². The molecule has 0 heterocycles. The van der Waals surface area contributed by atoms with Crippen LogP contribution < -0.4 is 0 Å². The highest BCUT2D eigenvalue weighted by Crippen LogP contribution is 2.27. The first-order chi connectivity index (χ1) is 7.54. The van der Waals surface area contributed by atoms with Gasteiger partial charge in [-0.1, -0.05) is 29.3 Å². The highest BCUT2D eigenvalue weighted by atomic mass is 35.5. The molecule has 0 aliphatic rings. The van der Waals surface area contributed by atoms with Crippen molar-refractivity contribution >= 4 is 29.2 Å². The number of hydrogen-bond donors (Lipinski definition) is 1. The van der Waals surface area contributed by atoms with E-state index in [1.54, 1.807) is 18.2 Å². The SMILES string of the molecule is CC(=O)OC[C@H](CO)c1ccc(Cl)cc1Cl. The summed E-state index contributed by atoms with van der Waals surface area (Å²) in [7, 11) is 0. The van der Waals surface area contributed by atoms with Crippen LogP contribution in [0.3, 0.4) is 0 Å². The predicted molar refractivity (Wildman–Crippen MR) is 62.9 cm³/mol. The largest absolute Gasteiger partial charge is 0.465 e. The normalized spacial score (nSPS) is 12.2. The monoisotopic (exact) mass is 262 g/mol. The minimum Gasteiger partial charge on any atom is -0.465 e. The number of rotatable bonds is 4. The Morgan fingerprint density at radius 1 is 1.50 bits per heavy atom. The number of carbonyl (C=O) groups excluding carboxylic acids is 1. The summed E-state index contributed by atoms with van der Waals surface area (Å²) in [6.07, 6.45) is 0. The van der Waals surface area contributed by atoms with Gasteiger partial charge in [-0.3, -0.25) is 4.79 Å². The lowest BCUT2D eigenvalue weighted by atomic mass is 10.0. The van der Waals surface area contributed by atoms with Crippen LogP contribution in [0.4, 0.5) is 0 Å². The fourth-order valence-electron chi connectivity index (χ4n) is 1.29. The molecule has 1 atom stereocenters. The number of ether oxygens (including phenoxy) is 1. The fourth-order valence-corrected chi connectivity index (χ4v) is 1.85. The van der Waals surface area contributed by atoms with Crippen LogP contribution in [0.15, 0.2) is 18.2 Å². The summed E-state index contributed by atoms with van der Waals surface area (Å²) in [4.78, 5) is 10.7. The van der Waals surface area contributed by atoms with Crippen molar-refractivity contribution in [3.05, 3.63) is 33.8 Å². The van der Waals surface area contributed by atoms with Crippen molar-refractivity contribution in [1.29, 1.82) is 0 Å². The maximum Gasteiger partial charge on any atom is 0.302 e. The van der Waals surface area contributed by atoms with Gasteiger partial charge in [0.25, 0.3) is 0 Å². The Morgan fingerprint density at radius 2 is 2.19 bits per heavy atom. The van der Waals surface area contributed by atoms with Crippen LogP contribution in [0.5, 0.6) is 0 Å². The van der Waals surface area contributed by atoms with Gasteiger partial charge in [0.1, 0.15) is 6.61 Å². The Morgan fingerprint density at radius 3 is 2.69 bits per heavy atom. The molecule has 0 bridgehead atoms. The molecule has 0 radical (unpaired) electrons. The van der Waals surface area contributed by atoms with Crippen molar-refractivity contribution in [2.75, 3.05) is 13.2 Å². The molecule has 0 unspecified atom stereocenters. The van der Waals surface area contributed by atoms with E-state index in [0.717, 1.165) is 5.56 Å². The van der Waals surface area contributed by atoms with Crippen molar-refractivity contribution in [3.8, 4) is 0 Å². The first kappa shape index (κ1) is 13.3. The van der Waals surface area contributed by atoms with Crippen LogP contribution >= 0.6 is 23.2 Å². The molecule has 0 saturated carbocycles. The number of aliphatic hydroxyl groups excluding tert-OH is 1. The van der Waals surface area contributed by atoms with Crippen LogP contribution in [0, 0.1) is 0 Å². The summed E-state index contributed by atoms with van der Waals surface area (Å²) in [6.45, 7) is 1.28. The Balaban J connectivity index is 2.82. The molecule has 0 amide bonds. The number of aliphatic hydroxyl groups is 1. The zero-order chi connectivity index (χ0) is 12.1. The molecule has 0 aliphatic heterocycles. The number of benzene rings is 1. The van der Waals surface area contributed by atoms with Gasteiger partial charge in [-0.25, -0.2) is 0 Å². The van der Waals surface area contributed by atoms with E-state index in [2.05, 4.69) is 0 Å². The molecule has 1 rings (SSSR count). The van der Waals surface area contributed by atoms with E-state index in [9.17, 15) is 9.90 Å². The summed E-state index contributed by atoms with van der Waals surface area (Å²) in [5, 5.41) is 10.2. The van der Waals surface area contributed by atoms with Crippen molar-refractivity contribution in [3.63, 3.8) is 0 Å². The van der Waals surface area contributed by atoms with Crippen LogP contribution in [-0.4, -0.2) is 24.3 Å². The minimum absolute atomic E-state index is 0.104. The molecule has 0 spiro atoms. The smallest absolute Gasteiger partial charge is 0.302 e. The average molecular weight is 263 g/mol. The summed E-state index contributed by atoms with van der Waals surface area (Å²) in [5.41, 5.74) is 0.717. The highest BCUT2D eigenvalue weighted by molar-refractivity contribution is 6.35. The molecule has 1 aromatic rings. The van der Waals surface area contributed by atoms with Crippen molar-refractivity contribution in [2.45, 2.75) is 12.8 Å². The third-order valence-electron chi connectivity index (χ3n) is 2.11. The van der Waals surface area contributed by atoms with E-state index in [0.29, 0.717) is 10.0 Å². The van der Waals surface area contributed by atoms with Gasteiger partial charge in [0.05, 0.1) is 6.61 Å². The van der Waals surface area contributed by atoms with E-state index in [1.807, 2.05) is 0 Å². The quantitative estimate of drug-likeness (QED) is 0.849. The molecule has 1 N–H and O–H groups in total. The van der Waals surface area contributed by atoms with Gasteiger partial charge in [-0.2, -0.15) is 0 Å². The van der Waals surface area contributed by atoms with Gasteiger partial charge in [0.15, 0.2) is 0 Å². The van der Waals surface area contributed by atoms with Crippen molar-refractivity contribution in [2.24, 2.45) is 0 Å². The number of halogens is 2. The average Bonchev–Trinajstić information content (AvgIpc) is 2.21. The third kappa shape index (κ3) is 3.67. The van der Waals surface area contributed by atoms with Crippen LogP contribution in [0.2, 0.25) is 10.0 Å². The Kier molecular flexibility index (Phi) is 5.06. The second-order valence-corrected chi connectivity index (χ2v) is 4.19. The van der Waals surface area contributed by atoms with E-state index in [1.165, 1.54) is 6.92 Å². The zero-order valence-electron chi connectivity index (χ0n) is 8.74. The Bertz CT molecular complexity index is 379. The molecule has 5 heteroatoms. The number of esters is 1. The summed E-state index contributed by atoms with van der Waals surface area (Å²) in [5.74, 6) is -0.711. The third-order valence-corrected chi connectivity index (χ3v) is 2.67. The summed E-state index contributed by atoms with van der Waals surface area (Å²) in [6, 6.07) is 4.99. The van der Waals surface area contributed by atoms with Gasteiger partial charge in [-0.15, -0.1) is 0 Å². The number of hydrogen-bond acceptors (Lipinski definition) is 3. The first-order valence-corrected chi connectivity index (χ1v) is 5.49. The molecule has 0 saturated heterocycles. The molecule has 1 aromatic carbocycles. The topological polar surface area (TPSA) is 46.5 Å². The molecule has 0 fully saturated rings. The van der Waals surface area contributed by atoms with E-state index in [4.69, 9.17) is 27.9 Å². The summed E-state index contributed by atoms with van der Waals surface area (Å²) < 4.78 is 4.84.